The molecule has 2 aromatic rings. The lowest BCUT2D eigenvalue weighted by atomic mass is 10.1. The lowest BCUT2D eigenvalue weighted by molar-refractivity contribution is -0.121. The number of unbranched alkanes of at least 4 members (excludes halogenated alkanes) is 1. The smallest absolute Gasteiger partial charge is 0.355 e. The van der Waals surface area contributed by atoms with Gasteiger partial charge in [0.2, 0.25) is 5.91 Å². The summed E-state index contributed by atoms with van der Waals surface area (Å²) < 4.78 is 0. The van der Waals surface area contributed by atoms with Gasteiger partial charge >= 0.3 is 5.97 Å². The predicted molar refractivity (Wildman–Crippen MR) is 94.5 cm³/mol. The van der Waals surface area contributed by atoms with Crippen LogP contribution in [0, 0.1) is 6.92 Å². The number of nitrogens with zero attached hydrogens (tertiary/aromatic N) is 1. The van der Waals surface area contributed by atoms with Crippen molar-refractivity contribution in [2.24, 2.45) is 0 Å². The van der Waals surface area contributed by atoms with Crippen LogP contribution in [0.15, 0.2) is 29.6 Å². The third kappa shape index (κ3) is 6.12. The SMILES string of the molecule is Cc1ccc(CCCCC(=O)NCCc2nc(C(=O)O)cs2)cc1. The summed E-state index contributed by atoms with van der Waals surface area (Å²) in [7, 11) is 0. The second-order valence-corrected chi connectivity index (χ2v) is 6.67. The average Bonchev–Trinajstić information content (AvgIpc) is 3.02. The first-order chi connectivity index (χ1) is 11.5. The highest BCUT2D eigenvalue weighted by Crippen LogP contribution is 2.10. The molecule has 0 aliphatic carbocycles. The van der Waals surface area contributed by atoms with E-state index >= 15 is 0 Å². The molecular weight excluding hydrogens is 324 g/mol. The second kappa shape index (κ2) is 9.17. The monoisotopic (exact) mass is 346 g/mol. The lowest BCUT2D eigenvalue weighted by Crippen LogP contribution is -2.25. The Morgan fingerprint density at radius 1 is 1.17 bits per heavy atom. The number of nitrogens with one attached hydrogen (secondary N) is 1. The van der Waals surface area contributed by atoms with Gasteiger partial charge in [-0.2, -0.15) is 0 Å². The molecule has 0 saturated heterocycles. The summed E-state index contributed by atoms with van der Waals surface area (Å²) >= 11 is 1.31. The third-order valence-corrected chi connectivity index (χ3v) is 4.58. The third-order valence-electron chi connectivity index (χ3n) is 3.67. The molecule has 1 heterocycles. The minimum Gasteiger partial charge on any atom is -0.476 e. The van der Waals surface area contributed by atoms with Crippen molar-refractivity contribution < 1.29 is 14.7 Å². The maximum absolute atomic E-state index is 11.8. The van der Waals surface area contributed by atoms with Crippen LogP contribution in [0.1, 0.15) is 45.9 Å². The Balaban J connectivity index is 1.57. The number of hydrogen-bond donors (Lipinski definition) is 2. The lowest BCUT2D eigenvalue weighted by Gasteiger charge is -2.05. The zero-order valence-electron chi connectivity index (χ0n) is 13.7. The van der Waals surface area contributed by atoms with Crippen molar-refractivity contribution in [1.29, 1.82) is 0 Å². The van der Waals surface area contributed by atoms with E-state index in [0.717, 1.165) is 24.3 Å². The van der Waals surface area contributed by atoms with E-state index < -0.39 is 5.97 Å². The first-order valence-corrected chi connectivity index (χ1v) is 8.92. The first kappa shape index (κ1) is 18.1. The number of aryl methyl sites for hydroxylation is 2. The van der Waals surface area contributed by atoms with E-state index in [4.69, 9.17) is 5.11 Å². The van der Waals surface area contributed by atoms with Crippen molar-refractivity contribution in [3.05, 3.63) is 51.5 Å². The summed E-state index contributed by atoms with van der Waals surface area (Å²) in [6.45, 7) is 2.56. The molecule has 1 aromatic carbocycles. The van der Waals surface area contributed by atoms with Gasteiger partial charge in [-0.05, 0) is 31.7 Å². The van der Waals surface area contributed by atoms with E-state index in [1.165, 1.54) is 27.8 Å². The molecule has 0 aliphatic heterocycles. The summed E-state index contributed by atoms with van der Waals surface area (Å²) in [5, 5.41) is 13.9. The summed E-state index contributed by atoms with van der Waals surface area (Å²) in [5.74, 6) is -0.982. The summed E-state index contributed by atoms with van der Waals surface area (Å²) in [6.07, 6.45) is 3.92. The Labute approximate surface area is 145 Å². The van der Waals surface area contributed by atoms with Crippen LogP contribution >= 0.6 is 11.3 Å². The molecular formula is C18H22N2O3S. The number of carbonyl (C=O) groups is 2. The maximum Gasteiger partial charge on any atom is 0.355 e. The van der Waals surface area contributed by atoms with Crippen molar-refractivity contribution in [2.75, 3.05) is 6.54 Å². The number of rotatable bonds is 9. The molecule has 0 fully saturated rings. The van der Waals surface area contributed by atoms with Gasteiger partial charge in [0.05, 0.1) is 5.01 Å². The fraction of sp³-hybridized carbons (Fsp3) is 0.389. The largest absolute Gasteiger partial charge is 0.476 e. The number of carboxylic acid groups (broad SMARTS) is 1. The van der Waals surface area contributed by atoms with Crippen LogP contribution in [-0.2, 0) is 17.6 Å². The van der Waals surface area contributed by atoms with Crippen molar-refractivity contribution in [3.63, 3.8) is 0 Å². The highest BCUT2D eigenvalue weighted by Gasteiger charge is 2.08. The molecule has 0 unspecified atom stereocenters. The zero-order valence-corrected chi connectivity index (χ0v) is 14.6. The minimum atomic E-state index is -1.02. The van der Waals surface area contributed by atoms with Crippen molar-refractivity contribution in [2.45, 2.75) is 39.0 Å². The van der Waals surface area contributed by atoms with Gasteiger partial charge in [0.15, 0.2) is 5.69 Å². The molecule has 1 amide bonds. The quantitative estimate of drug-likeness (QED) is 0.683. The molecule has 6 heteroatoms. The van der Waals surface area contributed by atoms with Gasteiger partial charge in [-0.15, -0.1) is 11.3 Å². The highest BCUT2D eigenvalue weighted by atomic mass is 32.1. The Morgan fingerprint density at radius 3 is 2.58 bits per heavy atom. The number of carbonyl (C=O) groups excluding carboxylic acids is 1. The molecule has 128 valence electrons. The summed E-state index contributed by atoms with van der Waals surface area (Å²) in [6, 6.07) is 8.48. The average molecular weight is 346 g/mol. The van der Waals surface area contributed by atoms with E-state index in [1.807, 2.05) is 0 Å². The molecule has 0 bridgehead atoms. The molecule has 2 rings (SSSR count). The second-order valence-electron chi connectivity index (χ2n) is 5.72. The number of amides is 1. The molecule has 0 atom stereocenters. The van der Waals surface area contributed by atoms with Crippen LogP contribution < -0.4 is 5.32 Å². The van der Waals surface area contributed by atoms with Gasteiger partial charge in [0.25, 0.3) is 0 Å². The summed E-state index contributed by atoms with van der Waals surface area (Å²) in [5.41, 5.74) is 2.63. The highest BCUT2D eigenvalue weighted by molar-refractivity contribution is 7.09. The van der Waals surface area contributed by atoms with E-state index in [2.05, 4.69) is 41.5 Å². The molecule has 24 heavy (non-hydrogen) atoms. The molecule has 0 radical (unpaired) electrons. The fourth-order valence-electron chi connectivity index (χ4n) is 2.29. The molecule has 1 aromatic heterocycles. The molecule has 2 N–H and O–H groups in total. The van der Waals surface area contributed by atoms with E-state index in [1.54, 1.807) is 0 Å². The zero-order chi connectivity index (χ0) is 17.4. The number of aromatic carboxylic acids is 1. The van der Waals surface area contributed by atoms with Gasteiger partial charge in [-0.1, -0.05) is 29.8 Å². The Hall–Kier alpha value is -2.21. The van der Waals surface area contributed by atoms with E-state index in [9.17, 15) is 9.59 Å². The Kier molecular flexibility index (Phi) is 6.93. The Morgan fingerprint density at radius 2 is 1.92 bits per heavy atom. The topological polar surface area (TPSA) is 79.3 Å². The van der Waals surface area contributed by atoms with Crippen LogP contribution in [0.4, 0.5) is 0 Å². The van der Waals surface area contributed by atoms with Gasteiger partial charge in [-0.3, -0.25) is 4.79 Å². The van der Waals surface area contributed by atoms with Gasteiger partial charge < -0.3 is 10.4 Å². The predicted octanol–water partition coefficient (Wildman–Crippen LogP) is 3.22. The van der Waals surface area contributed by atoms with Gasteiger partial charge in [0.1, 0.15) is 0 Å². The van der Waals surface area contributed by atoms with Crippen molar-refractivity contribution >= 4 is 23.2 Å². The number of aromatic nitrogens is 1. The Bertz CT molecular complexity index is 680. The number of benzene rings is 1. The molecule has 0 aliphatic rings. The van der Waals surface area contributed by atoms with Gasteiger partial charge in [0, 0.05) is 24.8 Å². The van der Waals surface area contributed by atoms with Crippen LogP contribution in [0.25, 0.3) is 0 Å². The first-order valence-electron chi connectivity index (χ1n) is 8.04. The van der Waals surface area contributed by atoms with Crippen LogP contribution in [0.2, 0.25) is 0 Å². The fourth-order valence-corrected chi connectivity index (χ4v) is 3.06. The van der Waals surface area contributed by atoms with Crippen LogP contribution in [0.3, 0.4) is 0 Å². The van der Waals surface area contributed by atoms with E-state index in [-0.39, 0.29) is 11.6 Å². The van der Waals surface area contributed by atoms with Crippen LogP contribution in [0.5, 0.6) is 0 Å². The van der Waals surface area contributed by atoms with E-state index in [0.29, 0.717) is 19.4 Å². The maximum atomic E-state index is 11.8. The van der Waals surface area contributed by atoms with Crippen molar-refractivity contribution in [1.82, 2.24) is 10.3 Å². The molecule has 5 nitrogen and oxygen atoms in total. The molecule has 0 saturated carbocycles. The normalized spacial score (nSPS) is 10.5. The van der Waals surface area contributed by atoms with Crippen molar-refractivity contribution in [3.8, 4) is 0 Å². The van der Waals surface area contributed by atoms with Crippen LogP contribution in [-0.4, -0.2) is 28.5 Å². The minimum absolute atomic E-state index is 0.0360. The standard InChI is InChI=1S/C18H22N2O3S/c1-13-6-8-14(9-7-13)4-2-3-5-16(21)19-11-10-17-20-15(12-24-17)18(22)23/h6-9,12H,2-5,10-11H2,1H3,(H,19,21)(H,22,23). The number of carboxylic acids is 1. The number of thiazole rings is 1. The molecule has 0 spiro atoms. The van der Waals surface area contributed by atoms with Gasteiger partial charge in [-0.25, -0.2) is 9.78 Å². The number of hydrogen-bond acceptors (Lipinski definition) is 4. The summed E-state index contributed by atoms with van der Waals surface area (Å²) in [4.78, 5) is 26.5.